The quantitative estimate of drug-likeness (QED) is 0.881. The van der Waals surface area contributed by atoms with Crippen molar-refractivity contribution in [2.75, 3.05) is 26.2 Å². The number of carbonyl (C=O) groups is 1. The molecule has 1 aliphatic heterocycles. The largest absolute Gasteiger partial charge is 0.356 e. The van der Waals surface area contributed by atoms with Crippen LogP contribution in [0.1, 0.15) is 36.8 Å². The second-order valence-corrected chi connectivity index (χ2v) is 5.35. The number of likely N-dealkylation sites (tertiary alicyclic amines) is 1. The third-order valence-electron chi connectivity index (χ3n) is 3.93. The van der Waals surface area contributed by atoms with Crippen LogP contribution in [0.4, 0.5) is 0 Å². The molecular formula is C16H24N2O. The van der Waals surface area contributed by atoms with Crippen LogP contribution in [-0.4, -0.2) is 37.0 Å². The van der Waals surface area contributed by atoms with Crippen molar-refractivity contribution >= 4 is 5.91 Å². The van der Waals surface area contributed by atoms with Crippen LogP contribution in [-0.2, 0) is 4.79 Å². The van der Waals surface area contributed by atoms with E-state index in [9.17, 15) is 4.79 Å². The van der Waals surface area contributed by atoms with Gasteiger partial charge in [0, 0.05) is 26.1 Å². The highest BCUT2D eigenvalue weighted by Crippen LogP contribution is 2.29. The van der Waals surface area contributed by atoms with Gasteiger partial charge in [0.25, 0.3) is 0 Å². The number of hydrogen-bond acceptors (Lipinski definition) is 2. The molecule has 0 aromatic heterocycles. The maximum absolute atomic E-state index is 11.5. The molecule has 1 unspecified atom stereocenters. The fourth-order valence-electron chi connectivity index (χ4n) is 2.88. The summed E-state index contributed by atoms with van der Waals surface area (Å²) >= 11 is 0. The van der Waals surface area contributed by atoms with E-state index >= 15 is 0 Å². The number of nitrogens with one attached hydrogen (secondary N) is 1. The summed E-state index contributed by atoms with van der Waals surface area (Å²) in [6.45, 7) is 7.95. The Balaban J connectivity index is 1.83. The molecular weight excluding hydrogens is 236 g/mol. The smallest absolute Gasteiger partial charge is 0.221 e. The highest BCUT2D eigenvalue weighted by Gasteiger charge is 2.24. The van der Waals surface area contributed by atoms with Crippen molar-refractivity contribution < 1.29 is 4.79 Å². The molecule has 0 aliphatic carbocycles. The van der Waals surface area contributed by atoms with Gasteiger partial charge in [0.1, 0.15) is 0 Å². The molecule has 0 spiro atoms. The minimum Gasteiger partial charge on any atom is -0.356 e. The Morgan fingerprint density at radius 1 is 1.42 bits per heavy atom. The lowest BCUT2D eigenvalue weighted by Gasteiger charge is -2.16. The third kappa shape index (κ3) is 3.80. The maximum Gasteiger partial charge on any atom is 0.221 e. The van der Waals surface area contributed by atoms with Crippen molar-refractivity contribution in [1.82, 2.24) is 10.2 Å². The summed E-state index contributed by atoms with van der Waals surface area (Å²) in [5.74, 6) is 0.803. The third-order valence-corrected chi connectivity index (χ3v) is 3.93. The molecule has 0 bridgehead atoms. The molecule has 0 saturated carbocycles. The van der Waals surface area contributed by atoms with Gasteiger partial charge in [-0.2, -0.15) is 0 Å². The van der Waals surface area contributed by atoms with Gasteiger partial charge in [-0.05, 0) is 43.9 Å². The van der Waals surface area contributed by atoms with Gasteiger partial charge in [-0.3, -0.25) is 4.79 Å². The van der Waals surface area contributed by atoms with Gasteiger partial charge in [0.2, 0.25) is 5.91 Å². The van der Waals surface area contributed by atoms with Crippen molar-refractivity contribution in [2.24, 2.45) is 0 Å². The van der Waals surface area contributed by atoms with E-state index in [4.69, 9.17) is 0 Å². The standard InChI is InChI=1S/C16H24N2O/c1-3-17-16(19)9-11-18-10-8-14(12-18)15-7-5-4-6-13(15)2/h4-7,14H,3,8-12H2,1-2H3,(H,17,19). The molecule has 1 aromatic rings. The number of benzene rings is 1. The Kier molecular flexibility index (Phi) is 4.97. The van der Waals surface area contributed by atoms with E-state index in [0.29, 0.717) is 12.3 Å². The molecule has 1 heterocycles. The van der Waals surface area contributed by atoms with E-state index in [1.165, 1.54) is 17.5 Å². The number of hydrogen-bond donors (Lipinski definition) is 1. The van der Waals surface area contributed by atoms with Crippen LogP contribution >= 0.6 is 0 Å². The Hall–Kier alpha value is -1.35. The predicted octanol–water partition coefficient (Wildman–Crippen LogP) is 2.31. The van der Waals surface area contributed by atoms with E-state index in [1.807, 2.05) is 6.92 Å². The van der Waals surface area contributed by atoms with E-state index in [-0.39, 0.29) is 5.91 Å². The van der Waals surface area contributed by atoms with Crippen molar-refractivity contribution in [3.63, 3.8) is 0 Å². The molecule has 3 nitrogen and oxygen atoms in total. The molecule has 2 rings (SSSR count). The Bertz CT molecular complexity index is 431. The van der Waals surface area contributed by atoms with Gasteiger partial charge in [-0.15, -0.1) is 0 Å². The van der Waals surface area contributed by atoms with Crippen LogP contribution in [0.3, 0.4) is 0 Å². The molecule has 1 aliphatic rings. The van der Waals surface area contributed by atoms with Crippen molar-refractivity contribution in [2.45, 2.75) is 32.6 Å². The van der Waals surface area contributed by atoms with Gasteiger partial charge in [0.05, 0.1) is 0 Å². The number of aryl methyl sites for hydroxylation is 1. The summed E-state index contributed by atoms with van der Waals surface area (Å²) in [7, 11) is 0. The van der Waals surface area contributed by atoms with E-state index < -0.39 is 0 Å². The predicted molar refractivity (Wildman–Crippen MR) is 78.3 cm³/mol. The van der Waals surface area contributed by atoms with Crippen LogP contribution < -0.4 is 5.32 Å². The van der Waals surface area contributed by atoms with Crippen LogP contribution in [0.25, 0.3) is 0 Å². The second-order valence-electron chi connectivity index (χ2n) is 5.35. The lowest BCUT2D eigenvalue weighted by molar-refractivity contribution is -0.121. The average Bonchev–Trinajstić information content (AvgIpc) is 2.86. The second kappa shape index (κ2) is 6.71. The fourth-order valence-corrected chi connectivity index (χ4v) is 2.88. The molecule has 0 radical (unpaired) electrons. The van der Waals surface area contributed by atoms with Crippen LogP contribution in [0.2, 0.25) is 0 Å². The molecule has 1 fully saturated rings. The molecule has 1 saturated heterocycles. The van der Waals surface area contributed by atoms with Crippen molar-refractivity contribution in [1.29, 1.82) is 0 Å². The minimum atomic E-state index is 0.168. The summed E-state index contributed by atoms with van der Waals surface area (Å²) in [6.07, 6.45) is 1.83. The Labute approximate surface area is 116 Å². The first-order valence-corrected chi connectivity index (χ1v) is 7.25. The molecule has 1 amide bonds. The highest BCUT2D eigenvalue weighted by atomic mass is 16.1. The lowest BCUT2D eigenvalue weighted by atomic mass is 9.94. The molecule has 1 N–H and O–H groups in total. The molecule has 1 atom stereocenters. The van der Waals surface area contributed by atoms with Gasteiger partial charge < -0.3 is 10.2 Å². The number of amides is 1. The van der Waals surface area contributed by atoms with Gasteiger partial charge in [-0.1, -0.05) is 24.3 Å². The molecule has 104 valence electrons. The summed E-state index contributed by atoms with van der Waals surface area (Å²) in [4.78, 5) is 13.9. The normalized spacial score (nSPS) is 19.6. The maximum atomic E-state index is 11.5. The minimum absolute atomic E-state index is 0.168. The van der Waals surface area contributed by atoms with Gasteiger partial charge in [-0.25, -0.2) is 0 Å². The number of rotatable bonds is 5. The first-order chi connectivity index (χ1) is 9.20. The van der Waals surface area contributed by atoms with Crippen molar-refractivity contribution in [3.8, 4) is 0 Å². The first-order valence-electron chi connectivity index (χ1n) is 7.25. The topological polar surface area (TPSA) is 32.3 Å². The molecule has 3 heteroatoms. The molecule has 19 heavy (non-hydrogen) atoms. The van der Waals surface area contributed by atoms with E-state index in [2.05, 4.69) is 41.4 Å². The van der Waals surface area contributed by atoms with Crippen molar-refractivity contribution in [3.05, 3.63) is 35.4 Å². The Morgan fingerprint density at radius 3 is 2.95 bits per heavy atom. The van der Waals surface area contributed by atoms with Gasteiger partial charge >= 0.3 is 0 Å². The summed E-state index contributed by atoms with van der Waals surface area (Å²) in [5, 5.41) is 2.86. The monoisotopic (exact) mass is 260 g/mol. The van der Waals surface area contributed by atoms with Crippen LogP contribution in [0.5, 0.6) is 0 Å². The zero-order valence-corrected chi connectivity index (χ0v) is 12.0. The first kappa shape index (κ1) is 14.1. The SMILES string of the molecule is CCNC(=O)CCN1CCC(c2ccccc2C)C1. The average molecular weight is 260 g/mol. The lowest BCUT2D eigenvalue weighted by Crippen LogP contribution is -2.29. The van der Waals surface area contributed by atoms with E-state index in [1.54, 1.807) is 0 Å². The van der Waals surface area contributed by atoms with Crippen LogP contribution in [0.15, 0.2) is 24.3 Å². The highest BCUT2D eigenvalue weighted by molar-refractivity contribution is 5.75. The van der Waals surface area contributed by atoms with Crippen LogP contribution in [0, 0.1) is 6.92 Å². The van der Waals surface area contributed by atoms with Gasteiger partial charge in [0.15, 0.2) is 0 Å². The summed E-state index contributed by atoms with van der Waals surface area (Å²) in [5.41, 5.74) is 2.86. The summed E-state index contributed by atoms with van der Waals surface area (Å²) < 4.78 is 0. The number of nitrogens with zero attached hydrogens (tertiary/aromatic N) is 1. The Morgan fingerprint density at radius 2 is 2.21 bits per heavy atom. The zero-order chi connectivity index (χ0) is 13.7. The molecule has 1 aromatic carbocycles. The van der Waals surface area contributed by atoms with E-state index in [0.717, 1.165) is 26.2 Å². The zero-order valence-electron chi connectivity index (χ0n) is 12.0. The number of carbonyl (C=O) groups excluding carboxylic acids is 1. The summed E-state index contributed by atoms with van der Waals surface area (Å²) in [6, 6.07) is 8.65. The fraction of sp³-hybridized carbons (Fsp3) is 0.562.